The molecule has 0 heterocycles. The van der Waals surface area contributed by atoms with Crippen molar-refractivity contribution in [1.82, 2.24) is 0 Å². The van der Waals surface area contributed by atoms with Crippen LogP contribution in [0.25, 0.3) is 10.8 Å². The van der Waals surface area contributed by atoms with Crippen molar-refractivity contribution in [2.24, 2.45) is 0 Å². The van der Waals surface area contributed by atoms with E-state index in [2.05, 4.69) is 5.32 Å². The molecule has 0 aliphatic heterocycles. The lowest BCUT2D eigenvalue weighted by Gasteiger charge is -2.14. The zero-order valence-corrected chi connectivity index (χ0v) is 16.2. The van der Waals surface area contributed by atoms with E-state index < -0.39 is 18.0 Å². The van der Waals surface area contributed by atoms with Gasteiger partial charge in [-0.1, -0.05) is 42.5 Å². The molecule has 0 fully saturated rings. The maximum Gasteiger partial charge on any atom is 0.344 e. The first-order valence-corrected chi connectivity index (χ1v) is 9.15. The summed E-state index contributed by atoms with van der Waals surface area (Å²) in [6.45, 7) is 2.61. The minimum Gasteiger partial charge on any atom is -0.482 e. The molecule has 1 amide bonds. The zero-order valence-electron chi connectivity index (χ0n) is 16.2. The number of benzene rings is 3. The second-order valence-corrected chi connectivity index (χ2v) is 6.56. The summed E-state index contributed by atoms with van der Waals surface area (Å²) in [6.07, 6.45) is -1.01. The molecule has 0 unspecified atom stereocenters. The van der Waals surface area contributed by atoms with E-state index in [0.29, 0.717) is 17.0 Å². The third-order valence-electron chi connectivity index (χ3n) is 4.29. The van der Waals surface area contributed by atoms with Crippen LogP contribution in [0.15, 0.2) is 66.7 Å². The van der Waals surface area contributed by atoms with Crippen LogP contribution in [0.4, 0.5) is 5.69 Å². The lowest BCUT2D eigenvalue weighted by atomic mass is 10.1. The number of carbonyl (C=O) groups excluding carboxylic acids is 3. The summed E-state index contributed by atoms with van der Waals surface area (Å²) in [6, 6.07) is 19.9. The number of esters is 1. The fraction of sp³-hybridized carbons (Fsp3) is 0.174. The molecule has 0 aliphatic carbocycles. The van der Waals surface area contributed by atoms with Crippen LogP contribution < -0.4 is 10.1 Å². The van der Waals surface area contributed by atoms with E-state index in [0.717, 1.165) is 10.8 Å². The molecular weight excluding hydrogens is 370 g/mol. The third kappa shape index (κ3) is 5.42. The van der Waals surface area contributed by atoms with Gasteiger partial charge in [-0.25, -0.2) is 4.79 Å². The van der Waals surface area contributed by atoms with Gasteiger partial charge in [0.05, 0.1) is 0 Å². The fourth-order valence-electron chi connectivity index (χ4n) is 2.74. The van der Waals surface area contributed by atoms with Crippen LogP contribution in [0.1, 0.15) is 24.2 Å². The Balaban J connectivity index is 1.52. The normalized spacial score (nSPS) is 11.5. The standard InChI is InChI=1S/C23H21NO5/c1-15(25)18-8-5-9-20(12-18)24-23(27)16(2)29-22(26)14-28-21-11-10-17-6-3-4-7-19(17)13-21/h3-13,16H,14H2,1-2H3,(H,24,27)/t16-/m0/s1. The molecule has 0 saturated heterocycles. The van der Waals surface area contributed by atoms with Crippen LogP contribution in [-0.4, -0.2) is 30.4 Å². The van der Waals surface area contributed by atoms with Crippen LogP contribution >= 0.6 is 0 Å². The lowest BCUT2D eigenvalue weighted by Crippen LogP contribution is -2.31. The van der Waals surface area contributed by atoms with Crippen molar-refractivity contribution in [2.75, 3.05) is 11.9 Å². The predicted molar refractivity (Wildman–Crippen MR) is 110 cm³/mol. The van der Waals surface area contributed by atoms with Gasteiger partial charge in [0.1, 0.15) is 5.75 Å². The van der Waals surface area contributed by atoms with Gasteiger partial charge >= 0.3 is 5.97 Å². The molecule has 0 aliphatic rings. The molecule has 0 radical (unpaired) electrons. The Morgan fingerprint density at radius 1 is 0.931 bits per heavy atom. The van der Waals surface area contributed by atoms with Gasteiger partial charge < -0.3 is 14.8 Å². The Labute approximate surface area is 168 Å². The predicted octanol–water partition coefficient (Wildman–Crippen LogP) is 3.99. The zero-order chi connectivity index (χ0) is 20.8. The molecule has 29 heavy (non-hydrogen) atoms. The maximum absolute atomic E-state index is 12.2. The highest BCUT2D eigenvalue weighted by Crippen LogP contribution is 2.20. The van der Waals surface area contributed by atoms with E-state index in [1.54, 1.807) is 30.3 Å². The first-order valence-electron chi connectivity index (χ1n) is 9.15. The third-order valence-corrected chi connectivity index (χ3v) is 4.29. The summed E-state index contributed by atoms with van der Waals surface area (Å²) in [5.74, 6) is -0.715. The van der Waals surface area contributed by atoms with E-state index in [1.165, 1.54) is 13.8 Å². The molecule has 6 heteroatoms. The van der Waals surface area contributed by atoms with E-state index in [-0.39, 0.29) is 12.4 Å². The monoisotopic (exact) mass is 391 g/mol. The second-order valence-electron chi connectivity index (χ2n) is 6.56. The average Bonchev–Trinajstić information content (AvgIpc) is 2.72. The first-order chi connectivity index (χ1) is 13.9. The number of carbonyl (C=O) groups is 3. The molecule has 0 saturated carbocycles. The second kappa shape index (κ2) is 9.01. The smallest absolute Gasteiger partial charge is 0.344 e. The molecule has 0 spiro atoms. The Morgan fingerprint density at radius 2 is 1.69 bits per heavy atom. The molecule has 1 N–H and O–H groups in total. The minimum atomic E-state index is -1.01. The van der Waals surface area contributed by atoms with Crippen LogP contribution in [0.3, 0.4) is 0 Å². The van der Waals surface area contributed by atoms with Crippen molar-refractivity contribution in [3.63, 3.8) is 0 Å². The van der Waals surface area contributed by atoms with Crippen molar-refractivity contribution in [3.8, 4) is 5.75 Å². The Bertz CT molecular complexity index is 1060. The van der Waals surface area contributed by atoms with Crippen molar-refractivity contribution >= 4 is 34.1 Å². The molecule has 0 aromatic heterocycles. The first kappa shape index (κ1) is 20.1. The number of rotatable bonds is 7. The number of anilines is 1. The average molecular weight is 391 g/mol. The van der Waals surface area contributed by atoms with Crippen molar-refractivity contribution in [2.45, 2.75) is 20.0 Å². The summed E-state index contributed by atoms with van der Waals surface area (Å²) in [4.78, 5) is 35.7. The summed E-state index contributed by atoms with van der Waals surface area (Å²) in [5.41, 5.74) is 0.939. The Morgan fingerprint density at radius 3 is 2.45 bits per heavy atom. The number of amides is 1. The van der Waals surface area contributed by atoms with Gasteiger partial charge in [0.15, 0.2) is 18.5 Å². The van der Waals surface area contributed by atoms with Gasteiger partial charge in [0.2, 0.25) is 0 Å². The van der Waals surface area contributed by atoms with Gasteiger partial charge in [-0.05, 0) is 48.9 Å². The molecule has 3 aromatic carbocycles. The number of nitrogens with one attached hydrogen (secondary N) is 1. The number of fused-ring (bicyclic) bond motifs is 1. The lowest BCUT2D eigenvalue weighted by molar-refractivity contribution is -0.155. The SMILES string of the molecule is CC(=O)c1cccc(NC(=O)[C@H](C)OC(=O)COc2ccc3ccccc3c2)c1. The summed E-state index contributed by atoms with van der Waals surface area (Å²) < 4.78 is 10.6. The fourth-order valence-corrected chi connectivity index (χ4v) is 2.74. The highest BCUT2D eigenvalue weighted by Gasteiger charge is 2.18. The maximum atomic E-state index is 12.2. The van der Waals surface area contributed by atoms with Crippen LogP contribution in [0, 0.1) is 0 Å². The van der Waals surface area contributed by atoms with Crippen molar-refractivity contribution < 1.29 is 23.9 Å². The van der Waals surface area contributed by atoms with Gasteiger partial charge in [-0.15, -0.1) is 0 Å². The largest absolute Gasteiger partial charge is 0.482 e. The Kier molecular flexibility index (Phi) is 6.24. The molecule has 6 nitrogen and oxygen atoms in total. The van der Waals surface area contributed by atoms with E-state index in [9.17, 15) is 14.4 Å². The molecule has 148 valence electrons. The molecule has 3 rings (SSSR count). The van der Waals surface area contributed by atoms with Crippen LogP contribution in [0.2, 0.25) is 0 Å². The van der Waals surface area contributed by atoms with Gasteiger partial charge in [-0.3, -0.25) is 9.59 Å². The van der Waals surface area contributed by atoms with E-state index in [1.807, 2.05) is 36.4 Å². The summed E-state index contributed by atoms with van der Waals surface area (Å²) in [5, 5.41) is 4.70. The number of hydrogen-bond acceptors (Lipinski definition) is 5. The number of hydrogen-bond donors (Lipinski definition) is 1. The van der Waals surface area contributed by atoms with Crippen molar-refractivity contribution in [1.29, 1.82) is 0 Å². The van der Waals surface area contributed by atoms with Crippen LogP contribution in [0.5, 0.6) is 5.75 Å². The summed E-state index contributed by atoms with van der Waals surface area (Å²) >= 11 is 0. The number of ether oxygens (including phenoxy) is 2. The summed E-state index contributed by atoms with van der Waals surface area (Å²) in [7, 11) is 0. The quantitative estimate of drug-likeness (QED) is 0.486. The molecule has 0 bridgehead atoms. The Hall–Kier alpha value is -3.67. The van der Waals surface area contributed by atoms with Gasteiger partial charge in [0.25, 0.3) is 5.91 Å². The van der Waals surface area contributed by atoms with Gasteiger partial charge in [0, 0.05) is 11.3 Å². The molecule has 1 atom stereocenters. The highest BCUT2D eigenvalue weighted by atomic mass is 16.6. The molecule has 3 aromatic rings. The number of ketones is 1. The minimum absolute atomic E-state index is 0.105. The van der Waals surface area contributed by atoms with E-state index >= 15 is 0 Å². The van der Waals surface area contributed by atoms with Gasteiger partial charge in [-0.2, -0.15) is 0 Å². The van der Waals surface area contributed by atoms with E-state index in [4.69, 9.17) is 9.47 Å². The topological polar surface area (TPSA) is 81.7 Å². The number of Topliss-reactive ketones (excluding diaryl/α,β-unsaturated/α-hetero) is 1. The highest BCUT2D eigenvalue weighted by molar-refractivity contribution is 5.98. The van der Waals surface area contributed by atoms with Crippen molar-refractivity contribution in [3.05, 3.63) is 72.3 Å². The molecular formula is C23H21NO5. The van der Waals surface area contributed by atoms with Crippen LogP contribution in [-0.2, 0) is 14.3 Å².